The highest BCUT2D eigenvalue weighted by molar-refractivity contribution is 6.18. The van der Waals surface area contributed by atoms with E-state index in [2.05, 4.69) is 11.0 Å². The van der Waals surface area contributed by atoms with Crippen LogP contribution >= 0.6 is 11.6 Å². The van der Waals surface area contributed by atoms with Gasteiger partial charge in [0.25, 0.3) is 0 Å². The molecular formula is C15H19ClN2O2. The summed E-state index contributed by atoms with van der Waals surface area (Å²) in [5.41, 5.74) is 2.13. The molecule has 0 bridgehead atoms. The Balaban J connectivity index is 1.87. The smallest absolute Gasteiger partial charge is 0.227 e. The SMILES string of the molecule is O=C1CC(CCl)CN1c1ccccc1N1CCOCC1. The number of anilines is 2. The Morgan fingerprint density at radius 3 is 2.55 bits per heavy atom. The third kappa shape index (κ3) is 2.63. The molecule has 5 heteroatoms. The molecule has 0 radical (unpaired) electrons. The van der Waals surface area contributed by atoms with Gasteiger partial charge in [-0.3, -0.25) is 4.79 Å². The van der Waals surface area contributed by atoms with Crippen molar-refractivity contribution in [3.05, 3.63) is 24.3 Å². The fraction of sp³-hybridized carbons (Fsp3) is 0.533. The number of rotatable bonds is 3. The van der Waals surface area contributed by atoms with E-state index in [-0.39, 0.29) is 11.8 Å². The summed E-state index contributed by atoms with van der Waals surface area (Å²) in [4.78, 5) is 16.4. The number of para-hydroxylation sites is 2. The van der Waals surface area contributed by atoms with E-state index in [0.29, 0.717) is 12.3 Å². The lowest BCUT2D eigenvalue weighted by molar-refractivity contribution is -0.117. The summed E-state index contributed by atoms with van der Waals surface area (Å²) in [6.07, 6.45) is 0.556. The highest BCUT2D eigenvalue weighted by Crippen LogP contribution is 2.34. The minimum atomic E-state index is 0.177. The third-order valence-corrected chi connectivity index (χ3v) is 4.38. The van der Waals surface area contributed by atoms with E-state index in [4.69, 9.17) is 16.3 Å². The van der Waals surface area contributed by atoms with Gasteiger partial charge in [0.05, 0.1) is 24.6 Å². The number of hydrogen-bond acceptors (Lipinski definition) is 3. The Labute approximate surface area is 124 Å². The van der Waals surface area contributed by atoms with Crippen molar-refractivity contribution in [3.8, 4) is 0 Å². The summed E-state index contributed by atoms with van der Waals surface area (Å²) in [5, 5.41) is 0. The maximum Gasteiger partial charge on any atom is 0.227 e. The molecule has 20 heavy (non-hydrogen) atoms. The quantitative estimate of drug-likeness (QED) is 0.801. The fourth-order valence-electron chi connectivity index (χ4n) is 2.88. The van der Waals surface area contributed by atoms with Gasteiger partial charge in [0.15, 0.2) is 0 Å². The van der Waals surface area contributed by atoms with Crippen molar-refractivity contribution >= 4 is 28.9 Å². The fourth-order valence-corrected chi connectivity index (χ4v) is 3.09. The standard InChI is InChI=1S/C15H19ClN2O2/c16-10-12-9-15(19)18(11-12)14-4-2-1-3-13(14)17-5-7-20-8-6-17/h1-4,12H,5-11H2. The van der Waals surface area contributed by atoms with Crippen molar-refractivity contribution < 1.29 is 9.53 Å². The molecule has 3 rings (SSSR count). The summed E-state index contributed by atoms with van der Waals surface area (Å²) >= 11 is 5.91. The van der Waals surface area contributed by atoms with E-state index in [0.717, 1.165) is 44.2 Å². The van der Waals surface area contributed by atoms with Gasteiger partial charge in [0.2, 0.25) is 5.91 Å². The van der Waals surface area contributed by atoms with E-state index in [9.17, 15) is 4.79 Å². The Morgan fingerprint density at radius 1 is 1.20 bits per heavy atom. The van der Waals surface area contributed by atoms with Crippen LogP contribution in [0.4, 0.5) is 11.4 Å². The van der Waals surface area contributed by atoms with E-state index in [1.54, 1.807) is 0 Å². The summed E-state index contributed by atoms with van der Waals surface area (Å²) in [6, 6.07) is 8.12. The average Bonchev–Trinajstić information content (AvgIpc) is 2.89. The molecule has 1 atom stereocenters. The zero-order chi connectivity index (χ0) is 13.9. The second-order valence-corrected chi connectivity index (χ2v) is 5.63. The summed E-state index contributed by atoms with van der Waals surface area (Å²) in [6.45, 7) is 3.96. The van der Waals surface area contributed by atoms with Crippen LogP contribution in [0.2, 0.25) is 0 Å². The number of carbonyl (C=O) groups excluding carboxylic acids is 1. The number of morpholine rings is 1. The molecule has 2 aliphatic heterocycles. The van der Waals surface area contributed by atoms with Gasteiger partial charge in [-0.25, -0.2) is 0 Å². The number of nitrogens with zero attached hydrogens (tertiary/aromatic N) is 2. The van der Waals surface area contributed by atoms with Crippen LogP contribution in [0.5, 0.6) is 0 Å². The van der Waals surface area contributed by atoms with Crippen LogP contribution in [0, 0.1) is 5.92 Å². The van der Waals surface area contributed by atoms with Crippen LogP contribution in [0.1, 0.15) is 6.42 Å². The maximum atomic E-state index is 12.2. The first kappa shape index (κ1) is 13.7. The van der Waals surface area contributed by atoms with Crippen LogP contribution in [-0.4, -0.2) is 44.6 Å². The minimum absolute atomic E-state index is 0.177. The molecular weight excluding hydrogens is 276 g/mol. The Morgan fingerprint density at radius 2 is 1.90 bits per heavy atom. The molecule has 4 nitrogen and oxygen atoms in total. The number of carbonyl (C=O) groups is 1. The lowest BCUT2D eigenvalue weighted by Gasteiger charge is -2.32. The van der Waals surface area contributed by atoms with E-state index in [1.807, 2.05) is 23.1 Å². The van der Waals surface area contributed by atoms with Gasteiger partial charge < -0.3 is 14.5 Å². The van der Waals surface area contributed by atoms with Gasteiger partial charge in [-0.2, -0.15) is 0 Å². The zero-order valence-electron chi connectivity index (χ0n) is 11.4. The monoisotopic (exact) mass is 294 g/mol. The molecule has 0 saturated carbocycles. The first-order valence-corrected chi connectivity index (χ1v) is 7.61. The normalized spacial score (nSPS) is 23.4. The molecule has 0 aromatic heterocycles. The first-order chi connectivity index (χ1) is 9.79. The van der Waals surface area contributed by atoms with Crippen molar-refractivity contribution in [1.29, 1.82) is 0 Å². The average molecular weight is 295 g/mol. The van der Waals surface area contributed by atoms with Crippen molar-refractivity contribution in [2.45, 2.75) is 6.42 Å². The minimum Gasteiger partial charge on any atom is -0.378 e. The predicted molar refractivity (Wildman–Crippen MR) is 80.7 cm³/mol. The largest absolute Gasteiger partial charge is 0.378 e. The lowest BCUT2D eigenvalue weighted by atomic mass is 10.1. The van der Waals surface area contributed by atoms with Crippen LogP contribution in [-0.2, 0) is 9.53 Å². The van der Waals surface area contributed by atoms with E-state index < -0.39 is 0 Å². The molecule has 108 valence electrons. The van der Waals surface area contributed by atoms with E-state index in [1.165, 1.54) is 0 Å². The van der Waals surface area contributed by atoms with Crippen LogP contribution in [0.3, 0.4) is 0 Å². The molecule has 0 aliphatic carbocycles. The Bertz CT molecular complexity index is 489. The van der Waals surface area contributed by atoms with Crippen LogP contribution in [0.15, 0.2) is 24.3 Å². The number of halogens is 1. The van der Waals surface area contributed by atoms with Crippen LogP contribution in [0.25, 0.3) is 0 Å². The zero-order valence-corrected chi connectivity index (χ0v) is 12.2. The highest BCUT2D eigenvalue weighted by Gasteiger charge is 2.32. The molecule has 1 aromatic rings. The number of ether oxygens (including phenoxy) is 1. The second-order valence-electron chi connectivity index (χ2n) is 5.32. The van der Waals surface area contributed by atoms with Crippen molar-refractivity contribution in [2.24, 2.45) is 5.92 Å². The topological polar surface area (TPSA) is 32.8 Å². The number of amides is 1. The highest BCUT2D eigenvalue weighted by atomic mass is 35.5. The van der Waals surface area contributed by atoms with Crippen molar-refractivity contribution in [3.63, 3.8) is 0 Å². The number of alkyl halides is 1. The third-order valence-electron chi connectivity index (χ3n) is 3.95. The van der Waals surface area contributed by atoms with Gasteiger partial charge in [0, 0.05) is 31.9 Å². The Kier molecular flexibility index (Phi) is 4.13. The van der Waals surface area contributed by atoms with Gasteiger partial charge in [-0.1, -0.05) is 12.1 Å². The van der Waals surface area contributed by atoms with Gasteiger partial charge in [-0.15, -0.1) is 11.6 Å². The first-order valence-electron chi connectivity index (χ1n) is 7.07. The van der Waals surface area contributed by atoms with Crippen molar-refractivity contribution in [2.75, 3.05) is 48.5 Å². The molecule has 2 aliphatic rings. The van der Waals surface area contributed by atoms with Gasteiger partial charge in [-0.05, 0) is 18.1 Å². The second kappa shape index (κ2) is 6.02. The molecule has 2 heterocycles. The predicted octanol–water partition coefficient (Wildman–Crippen LogP) is 2.11. The lowest BCUT2D eigenvalue weighted by Crippen LogP contribution is -2.37. The molecule has 2 saturated heterocycles. The van der Waals surface area contributed by atoms with Gasteiger partial charge >= 0.3 is 0 Å². The Hall–Kier alpha value is -1.26. The molecule has 1 amide bonds. The summed E-state index contributed by atoms with van der Waals surface area (Å²) < 4.78 is 5.40. The molecule has 2 fully saturated rings. The van der Waals surface area contributed by atoms with Crippen molar-refractivity contribution in [1.82, 2.24) is 0 Å². The summed E-state index contributed by atoms with van der Waals surface area (Å²) in [5.74, 6) is 0.986. The van der Waals surface area contributed by atoms with Crippen LogP contribution < -0.4 is 9.80 Å². The molecule has 0 N–H and O–H groups in total. The number of benzene rings is 1. The summed E-state index contributed by atoms with van der Waals surface area (Å²) in [7, 11) is 0. The molecule has 0 spiro atoms. The van der Waals surface area contributed by atoms with E-state index >= 15 is 0 Å². The van der Waals surface area contributed by atoms with Gasteiger partial charge in [0.1, 0.15) is 0 Å². The maximum absolute atomic E-state index is 12.2. The molecule has 1 aromatic carbocycles. The number of hydrogen-bond donors (Lipinski definition) is 0. The molecule has 1 unspecified atom stereocenters.